The van der Waals surface area contributed by atoms with Gasteiger partial charge in [0.15, 0.2) is 9.84 Å². The van der Waals surface area contributed by atoms with Gasteiger partial charge in [0.05, 0.1) is 11.5 Å². The second kappa shape index (κ2) is 5.63. The highest BCUT2D eigenvalue weighted by Crippen LogP contribution is 2.48. The predicted octanol–water partition coefficient (Wildman–Crippen LogP) is 0.733. The van der Waals surface area contributed by atoms with Gasteiger partial charge in [-0.15, -0.1) is 0 Å². The molecule has 1 N–H and O–H groups in total. The van der Waals surface area contributed by atoms with E-state index < -0.39 is 15.3 Å². The molecule has 23 heavy (non-hydrogen) atoms. The van der Waals surface area contributed by atoms with E-state index in [0.29, 0.717) is 19.3 Å². The normalized spacial score (nSPS) is 24.0. The number of sulfone groups is 1. The number of hydrogen-bond donors (Lipinski definition) is 1. The van der Waals surface area contributed by atoms with Gasteiger partial charge in [-0.1, -0.05) is 18.2 Å². The van der Waals surface area contributed by atoms with Gasteiger partial charge in [-0.3, -0.25) is 9.59 Å². The molecule has 1 heterocycles. The van der Waals surface area contributed by atoms with Crippen molar-refractivity contribution in [1.29, 1.82) is 0 Å². The molecule has 2 aliphatic rings. The van der Waals surface area contributed by atoms with E-state index in [1.807, 2.05) is 30.3 Å². The summed E-state index contributed by atoms with van der Waals surface area (Å²) in [4.78, 5) is 26.7. The Balaban J connectivity index is 1.69. The molecule has 1 saturated carbocycles. The minimum atomic E-state index is -3.06. The van der Waals surface area contributed by atoms with Crippen LogP contribution in [0.15, 0.2) is 30.3 Å². The summed E-state index contributed by atoms with van der Waals surface area (Å²) < 4.78 is 23.0. The Morgan fingerprint density at radius 2 is 1.87 bits per heavy atom. The van der Waals surface area contributed by atoms with E-state index >= 15 is 0 Å². The fourth-order valence-corrected chi connectivity index (χ4v) is 4.66. The highest BCUT2D eigenvalue weighted by Gasteiger charge is 2.58. The Hall–Kier alpha value is -1.89. The van der Waals surface area contributed by atoms with Gasteiger partial charge < -0.3 is 10.2 Å². The van der Waals surface area contributed by atoms with Crippen molar-refractivity contribution in [1.82, 2.24) is 5.32 Å². The van der Waals surface area contributed by atoms with Crippen LogP contribution < -0.4 is 10.2 Å². The zero-order chi connectivity index (χ0) is 16.7. The molecular formula is C16H20N2O4S. The fourth-order valence-electron chi connectivity index (χ4n) is 2.99. The summed E-state index contributed by atoms with van der Waals surface area (Å²) in [5, 5.41) is 2.76. The minimum Gasteiger partial charge on any atom is -0.351 e. The van der Waals surface area contributed by atoms with Crippen LogP contribution in [0.25, 0.3) is 0 Å². The summed E-state index contributed by atoms with van der Waals surface area (Å²) in [6, 6.07) is 8.79. The maximum absolute atomic E-state index is 12.7. The SMILES string of the molecule is CN(C(=O)C1(C(=O)NC2CCS(=O)(=O)C2)CC1)c1ccccc1. The lowest BCUT2D eigenvalue weighted by molar-refractivity contribution is -0.135. The first-order valence-corrected chi connectivity index (χ1v) is 9.51. The van der Waals surface area contributed by atoms with Crippen LogP contribution in [0.3, 0.4) is 0 Å². The Bertz CT molecular complexity index is 726. The number of hydrogen-bond acceptors (Lipinski definition) is 4. The number of amides is 2. The Morgan fingerprint density at radius 3 is 2.39 bits per heavy atom. The maximum Gasteiger partial charge on any atom is 0.242 e. The van der Waals surface area contributed by atoms with Crippen molar-refractivity contribution in [3.8, 4) is 0 Å². The summed E-state index contributed by atoms with van der Waals surface area (Å²) in [5.74, 6) is -0.505. The van der Waals surface area contributed by atoms with Crippen molar-refractivity contribution in [2.75, 3.05) is 23.5 Å². The van der Waals surface area contributed by atoms with E-state index in [1.165, 1.54) is 4.90 Å². The van der Waals surface area contributed by atoms with Crippen molar-refractivity contribution >= 4 is 27.3 Å². The number of para-hydroxylation sites is 1. The molecular weight excluding hydrogens is 316 g/mol. The molecule has 124 valence electrons. The lowest BCUT2D eigenvalue weighted by Gasteiger charge is -2.24. The van der Waals surface area contributed by atoms with E-state index in [2.05, 4.69) is 5.32 Å². The van der Waals surface area contributed by atoms with Crippen LogP contribution >= 0.6 is 0 Å². The van der Waals surface area contributed by atoms with Crippen molar-refractivity contribution in [3.63, 3.8) is 0 Å². The summed E-state index contributed by atoms with van der Waals surface area (Å²) in [7, 11) is -1.40. The molecule has 7 heteroatoms. The molecule has 0 spiro atoms. The van der Waals surface area contributed by atoms with Gasteiger partial charge in [0.25, 0.3) is 0 Å². The summed E-state index contributed by atoms with van der Waals surface area (Å²) >= 11 is 0. The Kier molecular flexibility index (Phi) is 3.91. The summed E-state index contributed by atoms with van der Waals surface area (Å²) in [6.07, 6.45) is 1.44. The molecule has 0 aromatic heterocycles. The molecule has 6 nitrogen and oxygen atoms in total. The van der Waals surface area contributed by atoms with Gasteiger partial charge in [0.1, 0.15) is 5.41 Å². The number of carbonyl (C=O) groups excluding carboxylic acids is 2. The van der Waals surface area contributed by atoms with Crippen LogP contribution in [0.5, 0.6) is 0 Å². The molecule has 1 aromatic rings. The second-order valence-electron chi connectivity index (χ2n) is 6.36. The average molecular weight is 336 g/mol. The van der Waals surface area contributed by atoms with Gasteiger partial charge in [0, 0.05) is 18.8 Å². The minimum absolute atomic E-state index is 0.0302. The lowest BCUT2D eigenvalue weighted by atomic mass is 10.0. The first-order valence-electron chi connectivity index (χ1n) is 7.69. The third-order valence-corrected chi connectivity index (χ3v) is 6.38. The fraction of sp³-hybridized carbons (Fsp3) is 0.500. The zero-order valence-corrected chi connectivity index (χ0v) is 13.8. The molecule has 1 aliphatic carbocycles. The van der Waals surface area contributed by atoms with E-state index in [-0.39, 0.29) is 29.4 Å². The second-order valence-corrected chi connectivity index (χ2v) is 8.58. The van der Waals surface area contributed by atoms with E-state index in [9.17, 15) is 18.0 Å². The van der Waals surface area contributed by atoms with Crippen LogP contribution in [-0.2, 0) is 19.4 Å². The molecule has 2 amide bonds. The highest BCUT2D eigenvalue weighted by molar-refractivity contribution is 7.91. The van der Waals surface area contributed by atoms with Crippen molar-refractivity contribution in [3.05, 3.63) is 30.3 Å². The molecule has 1 aromatic carbocycles. The van der Waals surface area contributed by atoms with E-state index in [0.717, 1.165) is 5.69 Å². The molecule has 2 fully saturated rings. The van der Waals surface area contributed by atoms with Gasteiger partial charge in [-0.05, 0) is 31.4 Å². The Labute approximate surface area is 135 Å². The smallest absolute Gasteiger partial charge is 0.242 e. The lowest BCUT2D eigenvalue weighted by Crippen LogP contribution is -2.47. The summed E-state index contributed by atoms with van der Waals surface area (Å²) in [6.45, 7) is 0. The Morgan fingerprint density at radius 1 is 1.22 bits per heavy atom. The first-order chi connectivity index (χ1) is 10.8. The van der Waals surface area contributed by atoms with Crippen LogP contribution in [-0.4, -0.2) is 44.8 Å². The van der Waals surface area contributed by atoms with E-state index in [4.69, 9.17) is 0 Å². The topological polar surface area (TPSA) is 83.6 Å². The third-order valence-electron chi connectivity index (χ3n) is 4.61. The number of nitrogens with one attached hydrogen (secondary N) is 1. The number of anilines is 1. The molecule has 3 rings (SSSR count). The molecule has 1 saturated heterocycles. The monoisotopic (exact) mass is 336 g/mol. The van der Waals surface area contributed by atoms with Crippen LogP contribution in [0.2, 0.25) is 0 Å². The van der Waals surface area contributed by atoms with Gasteiger partial charge in [0.2, 0.25) is 11.8 Å². The van der Waals surface area contributed by atoms with Crippen molar-refractivity contribution in [2.45, 2.75) is 25.3 Å². The van der Waals surface area contributed by atoms with Gasteiger partial charge in [-0.2, -0.15) is 0 Å². The molecule has 1 unspecified atom stereocenters. The number of carbonyl (C=O) groups is 2. The quantitative estimate of drug-likeness (QED) is 0.822. The van der Waals surface area contributed by atoms with Crippen molar-refractivity contribution < 1.29 is 18.0 Å². The first kappa shape index (κ1) is 16.0. The van der Waals surface area contributed by atoms with Crippen LogP contribution in [0, 0.1) is 5.41 Å². The third kappa shape index (κ3) is 3.10. The van der Waals surface area contributed by atoms with Crippen LogP contribution in [0.4, 0.5) is 5.69 Å². The highest BCUT2D eigenvalue weighted by atomic mass is 32.2. The van der Waals surface area contributed by atoms with Gasteiger partial charge in [-0.25, -0.2) is 8.42 Å². The van der Waals surface area contributed by atoms with E-state index in [1.54, 1.807) is 7.05 Å². The number of nitrogens with zero attached hydrogens (tertiary/aromatic N) is 1. The largest absolute Gasteiger partial charge is 0.351 e. The van der Waals surface area contributed by atoms with Gasteiger partial charge >= 0.3 is 0 Å². The number of benzene rings is 1. The summed E-state index contributed by atoms with van der Waals surface area (Å²) in [5.41, 5.74) is -0.295. The zero-order valence-electron chi connectivity index (χ0n) is 13.0. The maximum atomic E-state index is 12.7. The number of rotatable bonds is 4. The van der Waals surface area contributed by atoms with Crippen LogP contribution in [0.1, 0.15) is 19.3 Å². The molecule has 0 radical (unpaired) electrons. The molecule has 0 bridgehead atoms. The molecule has 1 atom stereocenters. The standard InChI is InChI=1S/C16H20N2O4S/c1-18(13-5-3-2-4-6-13)15(20)16(8-9-16)14(19)17-12-7-10-23(21,22)11-12/h2-6,12H,7-11H2,1H3,(H,17,19). The molecule has 1 aliphatic heterocycles. The average Bonchev–Trinajstić information content (AvgIpc) is 3.27. The predicted molar refractivity (Wildman–Crippen MR) is 86.7 cm³/mol. The van der Waals surface area contributed by atoms with Crippen molar-refractivity contribution in [2.24, 2.45) is 5.41 Å².